The lowest BCUT2D eigenvalue weighted by atomic mass is 9.94. The van der Waals surface area contributed by atoms with Gasteiger partial charge in [-0.25, -0.2) is 0 Å². The van der Waals surface area contributed by atoms with E-state index in [1.54, 1.807) is 0 Å². The molecule has 0 aromatic carbocycles. The van der Waals surface area contributed by atoms with Gasteiger partial charge in [0.15, 0.2) is 0 Å². The Kier molecular flexibility index (Phi) is 5.71. The summed E-state index contributed by atoms with van der Waals surface area (Å²) >= 11 is 24.6. The van der Waals surface area contributed by atoms with Crippen LogP contribution < -0.4 is 0 Å². The van der Waals surface area contributed by atoms with Crippen molar-refractivity contribution in [3.8, 4) is 0 Å². The Morgan fingerprint density at radius 1 is 1.31 bits per heavy atom. The molecular formula is C7H16Cl4Si2. The Morgan fingerprint density at radius 3 is 1.92 bits per heavy atom. The smallest absolute Gasteiger partial charge is 0.151 e. The highest BCUT2D eigenvalue weighted by Gasteiger charge is 2.53. The Labute approximate surface area is 102 Å². The van der Waals surface area contributed by atoms with Gasteiger partial charge in [-0.1, -0.05) is 34.1 Å². The normalized spacial score (nSPS) is 16.4. The van der Waals surface area contributed by atoms with Crippen LogP contribution >= 0.6 is 44.3 Å². The van der Waals surface area contributed by atoms with E-state index in [1.165, 1.54) is 0 Å². The molecule has 0 aromatic rings. The molecule has 6 heteroatoms. The van der Waals surface area contributed by atoms with Crippen LogP contribution in [0.1, 0.15) is 34.1 Å². The van der Waals surface area contributed by atoms with Crippen molar-refractivity contribution in [1.29, 1.82) is 0 Å². The van der Waals surface area contributed by atoms with Crippen LogP contribution in [0.5, 0.6) is 0 Å². The highest BCUT2D eigenvalue weighted by Crippen LogP contribution is 2.52. The van der Waals surface area contributed by atoms with Crippen molar-refractivity contribution >= 4 is 57.5 Å². The largest absolute Gasteiger partial charge is 0.275 e. The summed E-state index contributed by atoms with van der Waals surface area (Å²) in [6.07, 6.45) is -1.43. The molecule has 0 amide bonds. The monoisotopic (exact) mass is 296 g/mol. The van der Waals surface area contributed by atoms with Gasteiger partial charge in [-0.3, -0.25) is 0 Å². The lowest BCUT2D eigenvalue weighted by Crippen LogP contribution is -2.47. The Hall–Kier alpha value is 1.59. The number of hydrogen-bond acceptors (Lipinski definition) is 0. The third-order valence-electron chi connectivity index (χ3n) is 2.98. The van der Waals surface area contributed by atoms with Crippen molar-refractivity contribution in [2.24, 2.45) is 5.92 Å². The van der Waals surface area contributed by atoms with Gasteiger partial charge in [0.2, 0.25) is 0 Å². The minimum atomic E-state index is -2.48. The fraction of sp³-hybridized carbons (Fsp3) is 1.00. The van der Waals surface area contributed by atoms with Gasteiger partial charge in [-0.05, 0) is 11.0 Å². The van der Waals surface area contributed by atoms with Crippen molar-refractivity contribution in [3.05, 3.63) is 0 Å². The molecule has 1 atom stereocenters. The van der Waals surface area contributed by atoms with E-state index < -0.39 is 13.1 Å². The zero-order chi connectivity index (χ0) is 10.9. The first-order valence-corrected chi connectivity index (χ1v) is 13.7. The molecule has 0 bridgehead atoms. The predicted octanol–water partition coefficient (Wildman–Crippen LogP) is 4.51. The molecule has 0 aromatic heterocycles. The van der Waals surface area contributed by atoms with Crippen molar-refractivity contribution in [2.45, 2.75) is 39.2 Å². The average molecular weight is 298 g/mol. The lowest BCUT2D eigenvalue weighted by molar-refractivity contribution is 0.422. The van der Waals surface area contributed by atoms with Gasteiger partial charge in [0.1, 0.15) is 0 Å². The van der Waals surface area contributed by atoms with Crippen molar-refractivity contribution < 1.29 is 0 Å². The first-order chi connectivity index (χ1) is 5.67. The minimum absolute atomic E-state index is 0.106. The van der Waals surface area contributed by atoms with Gasteiger partial charge in [0.25, 0.3) is 13.1 Å². The third kappa shape index (κ3) is 3.02. The maximum Gasteiger partial charge on any atom is 0.275 e. The number of rotatable bonds is 4. The van der Waals surface area contributed by atoms with E-state index in [-0.39, 0.29) is 5.04 Å². The van der Waals surface area contributed by atoms with Crippen LogP contribution in [-0.2, 0) is 0 Å². The topological polar surface area (TPSA) is 0 Å². The third-order valence-corrected chi connectivity index (χ3v) is 26.4. The Bertz CT molecular complexity index is 170. The maximum absolute atomic E-state index is 6.34. The quantitative estimate of drug-likeness (QED) is 0.529. The number of halogens is 4. The van der Waals surface area contributed by atoms with E-state index in [9.17, 15) is 0 Å². The molecule has 0 aliphatic heterocycles. The van der Waals surface area contributed by atoms with Crippen molar-refractivity contribution in [1.82, 2.24) is 0 Å². The average Bonchev–Trinajstić information content (AvgIpc) is 2.02. The van der Waals surface area contributed by atoms with Gasteiger partial charge in [-0.15, -0.1) is 22.2 Å². The van der Waals surface area contributed by atoms with E-state index in [2.05, 4.69) is 27.7 Å². The molecule has 0 saturated heterocycles. The first kappa shape index (κ1) is 14.6. The zero-order valence-electron chi connectivity index (χ0n) is 8.37. The van der Waals surface area contributed by atoms with Crippen LogP contribution in [-0.4, -0.2) is 13.1 Å². The molecule has 0 fully saturated rings. The summed E-state index contributed by atoms with van der Waals surface area (Å²) < 4.78 is 0. The van der Waals surface area contributed by atoms with E-state index >= 15 is 0 Å². The van der Waals surface area contributed by atoms with E-state index in [1.807, 2.05) is 0 Å². The van der Waals surface area contributed by atoms with E-state index in [0.717, 1.165) is 6.42 Å². The molecule has 0 aliphatic carbocycles. The molecule has 1 unspecified atom stereocenters. The molecule has 0 spiro atoms. The molecule has 0 N–H and O–H groups in total. The van der Waals surface area contributed by atoms with Crippen LogP contribution in [0.4, 0.5) is 0 Å². The van der Waals surface area contributed by atoms with Crippen LogP contribution in [0.2, 0.25) is 5.04 Å². The summed E-state index contributed by atoms with van der Waals surface area (Å²) in [5.41, 5.74) is 0. The summed E-state index contributed by atoms with van der Waals surface area (Å²) in [5, 5.41) is -0.106. The van der Waals surface area contributed by atoms with Gasteiger partial charge < -0.3 is 0 Å². The minimum Gasteiger partial charge on any atom is -0.151 e. The molecule has 0 saturated carbocycles. The van der Waals surface area contributed by atoms with Gasteiger partial charge in [0, 0.05) is 0 Å². The molecule has 13 heavy (non-hydrogen) atoms. The van der Waals surface area contributed by atoms with Crippen molar-refractivity contribution in [2.75, 3.05) is 0 Å². The molecule has 0 aliphatic rings. The van der Waals surface area contributed by atoms with E-state index in [4.69, 9.17) is 44.3 Å². The van der Waals surface area contributed by atoms with Crippen LogP contribution in [0.3, 0.4) is 0 Å². The molecule has 0 nitrogen and oxygen atoms in total. The highest BCUT2D eigenvalue weighted by molar-refractivity contribution is 7.87. The van der Waals surface area contributed by atoms with Crippen LogP contribution in [0, 0.1) is 5.92 Å². The molecule has 0 radical (unpaired) electrons. The van der Waals surface area contributed by atoms with Crippen molar-refractivity contribution in [3.63, 3.8) is 0 Å². The van der Waals surface area contributed by atoms with Gasteiger partial charge in [-0.2, -0.15) is 22.2 Å². The first-order valence-electron chi connectivity index (χ1n) is 4.33. The number of hydrogen-bond donors (Lipinski definition) is 0. The summed E-state index contributed by atoms with van der Waals surface area (Å²) in [6.45, 7) is 6.48. The van der Waals surface area contributed by atoms with E-state index in [0.29, 0.717) is 5.92 Å². The van der Waals surface area contributed by atoms with Gasteiger partial charge in [0.05, 0.1) is 0 Å². The molecule has 0 rings (SSSR count). The Balaban J connectivity index is 4.80. The maximum atomic E-state index is 6.34. The zero-order valence-corrected chi connectivity index (χ0v) is 13.6. The van der Waals surface area contributed by atoms with Crippen LogP contribution in [0.15, 0.2) is 0 Å². The summed E-state index contributed by atoms with van der Waals surface area (Å²) in [6, 6.07) is 0. The second-order valence-corrected chi connectivity index (χ2v) is 23.3. The second-order valence-electron chi connectivity index (χ2n) is 3.95. The van der Waals surface area contributed by atoms with Gasteiger partial charge >= 0.3 is 0 Å². The predicted molar refractivity (Wildman–Crippen MR) is 69.8 cm³/mol. The fourth-order valence-electron chi connectivity index (χ4n) is 1.12. The second kappa shape index (κ2) is 5.08. The summed E-state index contributed by atoms with van der Waals surface area (Å²) in [4.78, 5) is 0. The summed E-state index contributed by atoms with van der Waals surface area (Å²) in [7, 11) is 0. The molecular weight excluding hydrogens is 282 g/mol. The highest BCUT2D eigenvalue weighted by atomic mass is 35.8. The standard InChI is InChI=1S/C7H16Cl4Si2/c1-5-6(2)7(3,4)13(10,11)12(8)9/h6,12H,5H2,1-4H3. The summed E-state index contributed by atoms with van der Waals surface area (Å²) in [5.74, 6) is 0.460. The molecule has 0 heterocycles. The Morgan fingerprint density at radius 2 is 1.69 bits per heavy atom. The fourth-order valence-corrected chi connectivity index (χ4v) is 11.3. The molecule has 80 valence electrons. The lowest BCUT2D eigenvalue weighted by Gasteiger charge is -2.40. The van der Waals surface area contributed by atoms with Crippen LogP contribution in [0.25, 0.3) is 0 Å². The SMILES string of the molecule is CCC(C)C(C)(C)[Si](Cl)(Cl)[SiH](Cl)Cl.